The first-order valence-corrected chi connectivity index (χ1v) is 15.3. The largest absolute Gasteiger partial charge is 0.536 e. The van der Waals surface area contributed by atoms with Gasteiger partial charge in [0, 0.05) is 43.1 Å². The van der Waals surface area contributed by atoms with Crippen molar-refractivity contribution in [2.24, 2.45) is 0 Å². The molecule has 209 valence electrons. The minimum absolute atomic E-state index is 0.0388. The monoisotopic (exact) mass is 558 g/mol. The van der Waals surface area contributed by atoms with E-state index in [0.29, 0.717) is 42.7 Å². The zero-order chi connectivity index (χ0) is 28.8. The summed E-state index contributed by atoms with van der Waals surface area (Å²) < 4.78 is 21.0. The number of nitrogens with one attached hydrogen (secondary N) is 1. The first kappa shape index (κ1) is 29.2. The first-order valence-electron chi connectivity index (χ1n) is 13.6. The van der Waals surface area contributed by atoms with Crippen LogP contribution in [0.3, 0.4) is 0 Å². The third kappa shape index (κ3) is 7.06. The van der Waals surface area contributed by atoms with E-state index in [-0.39, 0.29) is 23.7 Å². The van der Waals surface area contributed by atoms with Crippen LogP contribution in [0.4, 0.5) is 10.1 Å². The van der Waals surface area contributed by atoms with Crippen LogP contribution in [0, 0.1) is 19.7 Å². The summed E-state index contributed by atoms with van der Waals surface area (Å²) >= 11 is 0. The Labute approximate surface area is 238 Å². The Bertz CT molecular complexity index is 1380. The Morgan fingerprint density at radius 1 is 1.07 bits per heavy atom. The highest BCUT2D eigenvalue weighted by Crippen LogP contribution is 2.20. The van der Waals surface area contributed by atoms with E-state index in [1.807, 2.05) is 36.9 Å². The van der Waals surface area contributed by atoms with Crippen LogP contribution in [0.1, 0.15) is 40.9 Å². The second-order valence-corrected chi connectivity index (χ2v) is 12.2. The van der Waals surface area contributed by atoms with Crippen LogP contribution >= 0.6 is 0 Å². The first-order chi connectivity index (χ1) is 19.2. The average Bonchev–Trinajstić information content (AvgIpc) is 2.95. The summed E-state index contributed by atoms with van der Waals surface area (Å²) in [6.07, 6.45) is 2.93. The molecule has 40 heavy (non-hydrogen) atoms. The van der Waals surface area contributed by atoms with Gasteiger partial charge in [0.25, 0.3) is 5.91 Å². The maximum absolute atomic E-state index is 14.5. The smallest absolute Gasteiger partial charge is 0.331 e. The minimum Gasteiger partial charge on any atom is -0.536 e. The Kier molecular flexibility index (Phi) is 9.55. The van der Waals surface area contributed by atoms with E-state index in [9.17, 15) is 14.0 Å². The lowest BCUT2D eigenvalue weighted by Gasteiger charge is -2.40. The number of amides is 2. The molecule has 0 saturated carbocycles. The van der Waals surface area contributed by atoms with Crippen LogP contribution in [0.25, 0.3) is 0 Å². The number of halogens is 1. The minimum atomic E-state index is -1.71. The van der Waals surface area contributed by atoms with E-state index in [1.54, 1.807) is 43.3 Å². The lowest BCUT2D eigenvalue weighted by atomic mass is 10.1. The molecule has 0 unspecified atom stereocenters. The van der Waals surface area contributed by atoms with Gasteiger partial charge in [-0.3, -0.25) is 14.5 Å². The number of carbonyl (C=O) groups is 2. The molecule has 1 atom stereocenters. The number of benzene rings is 3. The van der Waals surface area contributed by atoms with E-state index in [0.717, 1.165) is 22.9 Å². The van der Waals surface area contributed by atoms with Crippen LogP contribution in [0.2, 0.25) is 0 Å². The topological polar surface area (TPSA) is 61.9 Å². The summed E-state index contributed by atoms with van der Waals surface area (Å²) in [7, 11) is -1.71. The summed E-state index contributed by atoms with van der Waals surface area (Å²) in [4.78, 5) is 29.2. The number of aryl methyl sites for hydroxylation is 3. The van der Waals surface area contributed by atoms with Crippen molar-refractivity contribution in [3.05, 3.63) is 101 Å². The van der Waals surface area contributed by atoms with Gasteiger partial charge in [0.05, 0.1) is 0 Å². The van der Waals surface area contributed by atoms with Gasteiger partial charge in [-0.05, 0) is 91.5 Å². The van der Waals surface area contributed by atoms with Gasteiger partial charge in [-0.1, -0.05) is 37.8 Å². The molecule has 0 spiro atoms. The third-order valence-corrected chi connectivity index (χ3v) is 9.51. The second kappa shape index (κ2) is 13.1. The number of rotatable bonds is 9. The molecule has 1 saturated heterocycles. The van der Waals surface area contributed by atoms with Gasteiger partial charge in [-0.15, -0.1) is 0 Å². The average molecular weight is 559 g/mol. The summed E-state index contributed by atoms with van der Waals surface area (Å²) in [5.74, 6) is 0.119. The summed E-state index contributed by atoms with van der Waals surface area (Å²) in [6.45, 7) is 13.5. The van der Waals surface area contributed by atoms with Crippen molar-refractivity contribution in [3.8, 4) is 5.75 Å². The van der Waals surface area contributed by atoms with Gasteiger partial charge in [0.1, 0.15) is 11.6 Å². The van der Waals surface area contributed by atoms with E-state index in [4.69, 9.17) is 4.43 Å². The van der Waals surface area contributed by atoms with Crippen LogP contribution in [-0.2, 0) is 11.2 Å². The highest BCUT2D eigenvalue weighted by Gasteiger charge is 2.30. The molecule has 4 rings (SSSR count). The number of hydrogen-bond acceptors (Lipinski definition) is 4. The summed E-state index contributed by atoms with van der Waals surface area (Å²) in [6, 6.07) is 18.4. The molecule has 6 nitrogen and oxygen atoms in total. The molecule has 3 aromatic carbocycles. The molecule has 1 radical (unpaired) electrons. The SMILES string of the molecule is C=CC(=O)N1CCN(C[Si](Oc2ccc(C(=O)Nc3ccc(CC)cc3C)cc2)c2ccc(C)c(F)c2)C[C@H]1C. The van der Waals surface area contributed by atoms with Crippen molar-refractivity contribution in [1.82, 2.24) is 9.80 Å². The van der Waals surface area contributed by atoms with Gasteiger partial charge >= 0.3 is 9.04 Å². The molecule has 1 aliphatic rings. The van der Waals surface area contributed by atoms with Crippen LogP contribution < -0.4 is 14.9 Å². The Morgan fingerprint density at radius 2 is 1.82 bits per heavy atom. The molecule has 8 heteroatoms. The van der Waals surface area contributed by atoms with Gasteiger partial charge in [0.2, 0.25) is 5.91 Å². The van der Waals surface area contributed by atoms with Gasteiger partial charge < -0.3 is 14.6 Å². The zero-order valence-electron chi connectivity index (χ0n) is 23.7. The zero-order valence-corrected chi connectivity index (χ0v) is 24.7. The van der Waals surface area contributed by atoms with E-state index < -0.39 is 9.04 Å². The van der Waals surface area contributed by atoms with Crippen LogP contribution in [0.15, 0.2) is 73.3 Å². The highest BCUT2D eigenvalue weighted by atomic mass is 28.3. The second-order valence-electron chi connectivity index (χ2n) is 10.3. The number of piperazine rings is 1. The molecule has 1 heterocycles. The van der Waals surface area contributed by atoms with Crippen molar-refractivity contribution < 1.29 is 18.4 Å². The van der Waals surface area contributed by atoms with Crippen LogP contribution in [0.5, 0.6) is 5.75 Å². The Balaban J connectivity index is 1.48. The van der Waals surface area contributed by atoms with Crippen molar-refractivity contribution in [1.29, 1.82) is 0 Å². The lowest BCUT2D eigenvalue weighted by molar-refractivity contribution is -0.130. The normalized spacial score (nSPS) is 15.7. The van der Waals surface area contributed by atoms with Gasteiger partial charge in [-0.25, -0.2) is 4.39 Å². The molecular weight excluding hydrogens is 521 g/mol. The summed E-state index contributed by atoms with van der Waals surface area (Å²) in [5.41, 5.74) is 4.15. The Morgan fingerprint density at radius 3 is 2.45 bits per heavy atom. The maximum Gasteiger partial charge on any atom is 0.331 e. The number of carbonyl (C=O) groups excluding carboxylic acids is 2. The van der Waals surface area contributed by atoms with Crippen molar-refractivity contribution in [2.75, 3.05) is 31.1 Å². The van der Waals surface area contributed by atoms with Gasteiger partial charge in [-0.2, -0.15) is 0 Å². The number of anilines is 1. The molecule has 1 fully saturated rings. The fourth-order valence-corrected chi connectivity index (χ4v) is 6.91. The van der Waals surface area contributed by atoms with E-state index in [2.05, 4.69) is 29.8 Å². The Hall–Kier alpha value is -3.75. The molecule has 0 aromatic heterocycles. The molecule has 0 bridgehead atoms. The molecule has 1 aliphatic heterocycles. The fourth-order valence-electron chi connectivity index (χ4n) is 4.87. The third-order valence-electron chi connectivity index (χ3n) is 7.34. The standard InChI is InChI=1S/C32H37FN3O3Si/c1-6-25-9-15-30(23(4)18-25)34-32(38)26-10-12-27(13-11-26)39-40(28-14-8-22(3)29(33)19-28)21-35-16-17-36(24(5)20-35)31(37)7-2/h7-15,18-19,24H,2,6,16-17,20-21H2,1,3-5H3,(H,34,38)/t24-/m1/s1. The van der Waals surface area contributed by atoms with Crippen molar-refractivity contribution >= 4 is 31.7 Å². The molecule has 3 aromatic rings. The van der Waals surface area contributed by atoms with E-state index >= 15 is 0 Å². The fraction of sp³-hybridized carbons (Fsp3) is 0.312. The molecule has 1 N–H and O–H groups in total. The molecule has 2 amide bonds. The highest BCUT2D eigenvalue weighted by molar-refractivity contribution is 6.68. The van der Waals surface area contributed by atoms with Crippen molar-refractivity contribution in [2.45, 2.75) is 40.2 Å². The van der Waals surface area contributed by atoms with Gasteiger partial charge in [0.15, 0.2) is 0 Å². The lowest BCUT2D eigenvalue weighted by Crippen LogP contribution is -2.57. The van der Waals surface area contributed by atoms with E-state index in [1.165, 1.54) is 11.6 Å². The molecular formula is C32H37FN3O3Si. The maximum atomic E-state index is 14.5. The number of nitrogens with zero attached hydrogens (tertiary/aromatic N) is 2. The van der Waals surface area contributed by atoms with Crippen LogP contribution in [-0.4, -0.2) is 62.5 Å². The summed E-state index contributed by atoms with van der Waals surface area (Å²) in [5, 5.41) is 3.83. The quantitative estimate of drug-likeness (QED) is 0.303. The predicted octanol–water partition coefficient (Wildman–Crippen LogP) is 4.79. The van der Waals surface area contributed by atoms with Crippen molar-refractivity contribution in [3.63, 3.8) is 0 Å². The predicted molar refractivity (Wildman–Crippen MR) is 160 cm³/mol. The number of hydrogen-bond donors (Lipinski definition) is 1. The molecule has 0 aliphatic carbocycles.